The van der Waals surface area contributed by atoms with Gasteiger partial charge in [-0.05, 0) is 18.8 Å². The highest BCUT2D eigenvalue weighted by Gasteiger charge is 2.35. The molecule has 0 aliphatic carbocycles. The lowest BCUT2D eigenvalue weighted by molar-refractivity contribution is -0.141. The zero-order chi connectivity index (χ0) is 13.3. The van der Waals surface area contributed by atoms with Crippen molar-refractivity contribution in [2.24, 2.45) is 11.8 Å². The molecule has 3 atom stereocenters. The molecule has 2 fully saturated rings. The zero-order valence-electron chi connectivity index (χ0n) is 10.6. The number of carbonyl (C=O) groups is 2. The number of carbonyl (C=O) groups excluding carboxylic acids is 1. The van der Waals surface area contributed by atoms with Crippen molar-refractivity contribution in [1.82, 2.24) is 9.80 Å². The Bertz CT molecular complexity index is 347. The summed E-state index contributed by atoms with van der Waals surface area (Å²) in [6.45, 7) is 3.85. The van der Waals surface area contributed by atoms with E-state index in [1.807, 2.05) is 6.92 Å². The van der Waals surface area contributed by atoms with E-state index >= 15 is 0 Å². The molecule has 2 N–H and O–H groups in total. The maximum atomic E-state index is 12.2. The quantitative estimate of drug-likeness (QED) is 0.703. The van der Waals surface area contributed by atoms with Crippen LogP contribution in [-0.2, 0) is 4.79 Å². The first-order valence-electron chi connectivity index (χ1n) is 6.43. The summed E-state index contributed by atoms with van der Waals surface area (Å²) in [5.41, 5.74) is 0. The highest BCUT2D eigenvalue weighted by atomic mass is 16.4. The van der Waals surface area contributed by atoms with Crippen LogP contribution in [0.5, 0.6) is 0 Å². The fraction of sp³-hybridized carbons (Fsp3) is 0.833. The summed E-state index contributed by atoms with van der Waals surface area (Å²) in [4.78, 5) is 26.4. The third-order valence-corrected chi connectivity index (χ3v) is 3.94. The number of carboxylic acids is 1. The second-order valence-corrected chi connectivity index (χ2v) is 5.33. The van der Waals surface area contributed by atoms with E-state index in [4.69, 9.17) is 5.11 Å². The number of amides is 2. The Morgan fingerprint density at radius 1 is 1.11 bits per heavy atom. The van der Waals surface area contributed by atoms with Gasteiger partial charge in [-0.2, -0.15) is 0 Å². The number of piperidine rings is 1. The molecular formula is C12H20N2O4. The van der Waals surface area contributed by atoms with Gasteiger partial charge in [0.2, 0.25) is 0 Å². The minimum atomic E-state index is -0.826. The summed E-state index contributed by atoms with van der Waals surface area (Å²) in [6.07, 6.45) is 0.801. The second-order valence-electron chi connectivity index (χ2n) is 5.33. The Morgan fingerprint density at radius 2 is 1.72 bits per heavy atom. The molecule has 0 radical (unpaired) electrons. The number of aliphatic hydroxyl groups excluding tert-OH is 1. The molecule has 2 saturated heterocycles. The molecule has 102 valence electrons. The summed E-state index contributed by atoms with van der Waals surface area (Å²) in [5, 5.41) is 18.5. The maximum Gasteiger partial charge on any atom is 0.320 e. The number of hydrogen-bond donors (Lipinski definition) is 2. The number of carboxylic acid groups (broad SMARTS) is 1. The van der Waals surface area contributed by atoms with Crippen LogP contribution in [0, 0.1) is 11.8 Å². The normalized spacial score (nSPS) is 32.7. The third-order valence-electron chi connectivity index (χ3n) is 3.94. The van der Waals surface area contributed by atoms with E-state index in [9.17, 15) is 14.7 Å². The van der Waals surface area contributed by atoms with Crippen molar-refractivity contribution >= 4 is 12.0 Å². The summed E-state index contributed by atoms with van der Waals surface area (Å²) < 4.78 is 0. The predicted molar refractivity (Wildman–Crippen MR) is 64.1 cm³/mol. The van der Waals surface area contributed by atoms with E-state index < -0.39 is 11.9 Å². The molecule has 6 nitrogen and oxygen atoms in total. The van der Waals surface area contributed by atoms with Crippen LogP contribution in [0.4, 0.5) is 4.79 Å². The Balaban J connectivity index is 1.90. The number of aliphatic hydroxyl groups is 1. The van der Waals surface area contributed by atoms with Crippen LogP contribution < -0.4 is 0 Å². The monoisotopic (exact) mass is 256 g/mol. The first-order chi connectivity index (χ1) is 8.49. The third kappa shape index (κ3) is 2.58. The van der Waals surface area contributed by atoms with Crippen LogP contribution in [0.1, 0.15) is 19.8 Å². The van der Waals surface area contributed by atoms with Gasteiger partial charge in [-0.15, -0.1) is 0 Å². The van der Waals surface area contributed by atoms with Crippen LogP contribution in [-0.4, -0.2) is 64.3 Å². The molecule has 2 amide bonds. The maximum absolute atomic E-state index is 12.2. The number of aliphatic carboxylic acids is 1. The Kier molecular flexibility index (Phi) is 3.75. The van der Waals surface area contributed by atoms with Crippen LogP contribution in [0.2, 0.25) is 0 Å². The van der Waals surface area contributed by atoms with E-state index in [0.29, 0.717) is 39.0 Å². The fourth-order valence-corrected chi connectivity index (χ4v) is 2.64. The summed E-state index contributed by atoms with van der Waals surface area (Å²) >= 11 is 0. The smallest absolute Gasteiger partial charge is 0.320 e. The van der Waals surface area contributed by atoms with Crippen LogP contribution in [0.3, 0.4) is 0 Å². The van der Waals surface area contributed by atoms with Gasteiger partial charge in [-0.3, -0.25) is 4.79 Å². The SMILES string of the molecule is CC1CN(C(=O)N2CCC(C(=O)O)C2)CCC1O. The number of nitrogens with zero attached hydrogens (tertiary/aromatic N) is 2. The first-order valence-corrected chi connectivity index (χ1v) is 6.43. The molecule has 0 aromatic rings. The fourth-order valence-electron chi connectivity index (χ4n) is 2.64. The number of rotatable bonds is 1. The first kappa shape index (κ1) is 13.1. The minimum absolute atomic E-state index is 0.0839. The lowest BCUT2D eigenvalue weighted by Gasteiger charge is -2.36. The van der Waals surface area contributed by atoms with Crippen molar-refractivity contribution in [3.8, 4) is 0 Å². The topological polar surface area (TPSA) is 81.1 Å². The van der Waals surface area contributed by atoms with E-state index in [2.05, 4.69) is 0 Å². The lowest BCUT2D eigenvalue weighted by Crippen LogP contribution is -2.50. The summed E-state index contributed by atoms with van der Waals surface area (Å²) in [6, 6.07) is -0.0856. The van der Waals surface area contributed by atoms with Gasteiger partial charge in [-0.25, -0.2) is 4.79 Å². The van der Waals surface area contributed by atoms with Gasteiger partial charge in [0.05, 0.1) is 12.0 Å². The van der Waals surface area contributed by atoms with Gasteiger partial charge in [0, 0.05) is 26.2 Å². The molecule has 18 heavy (non-hydrogen) atoms. The van der Waals surface area contributed by atoms with Gasteiger partial charge in [0.15, 0.2) is 0 Å². The van der Waals surface area contributed by atoms with Crippen molar-refractivity contribution in [3.63, 3.8) is 0 Å². The van der Waals surface area contributed by atoms with Gasteiger partial charge >= 0.3 is 12.0 Å². The molecule has 0 saturated carbocycles. The molecule has 2 heterocycles. The van der Waals surface area contributed by atoms with Crippen molar-refractivity contribution < 1.29 is 19.8 Å². The molecule has 0 spiro atoms. The highest BCUT2D eigenvalue weighted by molar-refractivity contribution is 5.77. The molecule has 6 heteroatoms. The molecule has 2 rings (SSSR count). The van der Waals surface area contributed by atoms with Gasteiger partial charge < -0.3 is 20.0 Å². The summed E-state index contributed by atoms with van der Waals surface area (Å²) in [7, 11) is 0. The van der Waals surface area contributed by atoms with Crippen LogP contribution >= 0.6 is 0 Å². The Labute approximate surface area is 106 Å². The molecule has 3 unspecified atom stereocenters. The van der Waals surface area contributed by atoms with Crippen LogP contribution in [0.25, 0.3) is 0 Å². The lowest BCUT2D eigenvalue weighted by atomic mass is 9.97. The average molecular weight is 256 g/mol. The molecule has 0 aromatic heterocycles. The largest absolute Gasteiger partial charge is 0.481 e. The molecule has 2 aliphatic heterocycles. The van der Waals surface area contributed by atoms with Crippen molar-refractivity contribution in [3.05, 3.63) is 0 Å². The molecular weight excluding hydrogens is 236 g/mol. The highest BCUT2D eigenvalue weighted by Crippen LogP contribution is 2.22. The second kappa shape index (κ2) is 5.14. The predicted octanol–water partition coefficient (Wildman–Crippen LogP) is 0.216. The Morgan fingerprint density at radius 3 is 2.28 bits per heavy atom. The van der Waals surface area contributed by atoms with E-state index in [-0.39, 0.29) is 18.1 Å². The van der Waals surface area contributed by atoms with Crippen molar-refractivity contribution in [2.75, 3.05) is 26.2 Å². The van der Waals surface area contributed by atoms with Gasteiger partial charge in [0.1, 0.15) is 0 Å². The minimum Gasteiger partial charge on any atom is -0.481 e. The van der Waals surface area contributed by atoms with E-state index in [1.54, 1.807) is 9.80 Å². The van der Waals surface area contributed by atoms with Crippen LogP contribution in [0.15, 0.2) is 0 Å². The molecule has 0 bridgehead atoms. The van der Waals surface area contributed by atoms with Crippen molar-refractivity contribution in [1.29, 1.82) is 0 Å². The zero-order valence-corrected chi connectivity index (χ0v) is 10.6. The molecule has 0 aromatic carbocycles. The van der Waals surface area contributed by atoms with Gasteiger partial charge in [-0.1, -0.05) is 6.92 Å². The summed E-state index contributed by atoms with van der Waals surface area (Å²) in [5.74, 6) is -1.17. The van der Waals surface area contributed by atoms with E-state index in [1.165, 1.54) is 0 Å². The number of urea groups is 1. The number of likely N-dealkylation sites (tertiary alicyclic amines) is 2. The van der Waals surface area contributed by atoms with Crippen molar-refractivity contribution in [2.45, 2.75) is 25.9 Å². The Hall–Kier alpha value is -1.30. The molecule has 2 aliphatic rings. The average Bonchev–Trinajstić information content (AvgIpc) is 2.81. The van der Waals surface area contributed by atoms with E-state index in [0.717, 1.165) is 0 Å². The standard InChI is InChI=1S/C12H20N2O4/c1-8-6-13(5-3-10(8)15)12(18)14-4-2-9(7-14)11(16)17/h8-10,15H,2-7H2,1H3,(H,16,17). The number of hydrogen-bond acceptors (Lipinski definition) is 3. The van der Waals surface area contributed by atoms with Gasteiger partial charge in [0.25, 0.3) is 0 Å².